The lowest BCUT2D eigenvalue weighted by Gasteiger charge is -2.01. The van der Waals surface area contributed by atoms with Gasteiger partial charge in [-0.25, -0.2) is 0 Å². The molecule has 106 valence electrons. The second kappa shape index (κ2) is 9.55. The van der Waals surface area contributed by atoms with Gasteiger partial charge < -0.3 is 4.74 Å². The van der Waals surface area contributed by atoms with Crippen LogP contribution in [0.25, 0.3) is 0 Å². The highest BCUT2D eigenvalue weighted by Gasteiger charge is 2.41. The molecule has 0 aromatic heterocycles. The van der Waals surface area contributed by atoms with E-state index in [1.807, 2.05) is 0 Å². The van der Waals surface area contributed by atoms with Crippen LogP contribution in [0.2, 0.25) is 0 Å². The SMILES string of the molecule is CCCCCCCCCCCCC1OC1C(C)=O. The number of epoxide rings is 1. The highest BCUT2D eigenvalue weighted by molar-refractivity contribution is 5.83. The Morgan fingerprint density at radius 2 is 1.39 bits per heavy atom. The summed E-state index contributed by atoms with van der Waals surface area (Å²) in [6, 6.07) is 0. The fourth-order valence-electron chi connectivity index (χ4n) is 2.55. The van der Waals surface area contributed by atoms with Crippen LogP contribution in [0, 0.1) is 0 Å². The molecule has 0 radical (unpaired) electrons. The Labute approximate surface area is 112 Å². The van der Waals surface area contributed by atoms with Crippen molar-refractivity contribution >= 4 is 5.78 Å². The molecule has 2 atom stereocenters. The summed E-state index contributed by atoms with van der Waals surface area (Å²) in [5.74, 6) is 0.201. The Hall–Kier alpha value is -0.370. The first-order valence-corrected chi connectivity index (χ1v) is 7.91. The normalized spacial score (nSPS) is 22.1. The van der Waals surface area contributed by atoms with Crippen molar-refractivity contribution in [2.45, 2.75) is 96.7 Å². The van der Waals surface area contributed by atoms with Gasteiger partial charge in [-0.2, -0.15) is 0 Å². The molecular formula is C16H30O2. The van der Waals surface area contributed by atoms with Crippen molar-refractivity contribution in [1.82, 2.24) is 0 Å². The molecule has 1 aliphatic rings. The molecule has 2 heteroatoms. The van der Waals surface area contributed by atoms with Gasteiger partial charge in [0.15, 0.2) is 5.78 Å². The van der Waals surface area contributed by atoms with Crippen LogP contribution in [0.5, 0.6) is 0 Å². The van der Waals surface area contributed by atoms with Gasteiger partial charge in [0.1, 0.15) is 6.10 Å². The zero-order chi connectivity index (χ0) is 13.2. The molecule has 0 saturated carbocycles. The van der Waals surface area contributed by atoms with Gasteiger partial charge in [-0.15, -0.1) is 0 Å². The predicted molar refractivity (Wildman–Crippen MR) is 75.8 cm³/mol. The topological polar surface area (TPSA) is 29.6 Å². The maximum atomic E-state index is 11.0. The lowest BCUT2D eigenvalue weighted by Crippen LogP contribution is -2.04. The number of ether oxygens (including phenoxy) is 1. The van der Waals surface area contributed by atoms with E-state index in [0.717, 1.165) is 6.42 Å². The number of Topliss-reactive ketones (excluding diaryl/α,β-unsaturated/α-hetero) is 1. The summed E-state index contributed by atoms with van der Waals surface area (Å²) < 4.78 is 5.31. The van der Waals surface area contributed by atoms with Crippen molar-refractivity contribution in [3.05, 3.63) is 0 Å². The molecule has 1 rings (SSSR count). The lowest BCUT2D eigenvalue weighted by molar-refractivity contribution is -0.118. The van der Waals surface area contributed by atoms with E-state index in [9.17, 15) is 4.79 Å². The second-order valence-corrected chi connectivity index (χ2v) is 5.68. The maximum absolute atomic E-state index is 11.0. The maximum Gasteiger partial charge on any atom is 0.161 e. The summed E-state index contributed by atoms with van der Waals surface area (Å²) in [5, 5.41) is 0. The highest BCUT2D eigenvalue weighted by atomic mass is 16.6. The second-order valence-electron chi connectivity index (χ2n) is 5.68. The van der Waals surface area contributed by atoms with Crippen molar-refractivity contribution in [2.24, 2.45) is 0 Å². The standard InChI is InChI=1S/C16H30O2/c1-3-4-5-6-7-8-9-10-11-12-13-15-16(18-15)14(2)17/h15-16H,3-13H2,1-2H3. The number of ketones is 1. The van der Waals surface area contributed by atoms with Crippen molar-refractivity contribution in [2.75, 3.05) is 0 Å². The zero-order valence-electron chi connectivity index (χ0n) is 12.2. The Morgan fingerprint density at radius 3 is 1.83 bits per heavy atom. The molecule has 1 heterocycles. The van der Waals surface area contributed by atoms with Crippen LogP contribution in [-0.2, 0) is 9.53 Å². The molecule has 2 unspecified atom stereocenters. The van der Waals surface area contributed by atoms with Crippen LogP contribution in [0.15, 0.2) is 0 Å². The quantitative estimate of drug-likeness (QED) is 0.374. The summed E-state index contributed by atoms with van der Waals surface area (Å²) in [6.07, 6.45) is 15.0. The van der Waals surface area contributed by atoms with Crippen LogP contribution in [0.1, 0.15) is 84.5 Å². The third kappa shape index (κ3) is 7.15. The van der Waals surface area contributed by atoms with Crippen molar-refractivity contribution in [3.63, 3.8) is 0 Å². The minimum Gasteiger partial charge on any atom is -0.361 e. The van der Waals surface area contributed by atoms with E-state index in [0.29, 0.717) is 0 Å². The minimum absolute atomic E-state index is 0.0523. The van der Waals surface area contributed by atoms with Gasteiger partial charge in [0, 0.05) is 0 Å². The monoisotopic (exact) mass is 254 g/mol. The molecule has 1 fully saturated rings. The number of carbonyl (C=O) groups is 1. The average molecular weight is 254 g/mol. The van der Waals surface area contributed by atoms with Crippen LogP contribution in [0.4, 0.5) is 0 Å². The zero-order valence-corrected chi connectivity index (χ0v) is 12.2. The van der Waals surface area contributed by atoms with Crippen molar-refractivity contribution in [3.8, 4) is 0 Å². The van der Waals surface area contributed by atoms with E-state index < -0.39 is 0 Å². The largest absolute Gasteiger partial charge is 0.361 e. The van der Waals surface area contributed by atoms with Crippen LogP contribution in [-0.4, -0.2) is 18.0 Å². The Balaban J connectivity index is 1.73. The van der Waals surface area contributed by atoms with Gasteiger partial charge in [0.2, 0.25) is 0 Å². The molecule has 0 amide bonds. The number of hydrogen-bond donors (Lipinski definition) is 0. The summed E-state index contributed by atoms with van der Waals surface area (Å²) >= 11 is 0. The molecular weight excluding hydrogens is 224 g/mol. The van der Waals surface area contributed by atoms with E-state index in [1.165, 1.54) is 64.2 Å². The summed E-state index contributed by atoms with van der Waals surface area (Å²) in [5.41, 5.74) is 0. The Kier molecular flexibility index (Phi) is 8.32. The van der Waals surface area contributed by atoms with E-state index in [-0.39, 0.29) is 18.0 Å². The molecule has 0 bridgehead atoms. The molecule has 1 saturated heterocycles. The summed E-state index contributed by atoms with van der Waals surface area (Å²) in [6.45, 7) is 3.89. The van der Waals surface area contributed by atoms with E-state index in [4.69, 9.17) is 4.74 Å². The van der Waals surface area contributed by atoms with Gasteiger partial charge in [-0.1, -0.05) is 71.1 Å². The number of carbonyl (C=O) groups excluding carboxylic acids is 1. The minimum atomic E-state index is -0.0523. The van der Waals surface area contributed by atoms with E-state index in [2.05, 4.69) is 6.92 Å². The first-order chi connectivity index (χ1) is 8.75. The Bertz CT molecular complexity index is 225. The molecule has 0 aromatic carbocycles. The molecule has 0 N–H and O–H groups in total. The van der Waals surface area contributed by atoms with Crippen LogP contribution in [0.3, 0.4) is 0 Å². The lowest BCUT2D eigenvalue weighted by atomic mass is 10.0. The number of rotatable bonds is 12. The smallest absolute Gasteiger partial charge is 0.161 e. The van der Waals surface area contributed by atoms with Gasteiger partial charge >= 0.3 is 0 Å². The fourth-order valence-corrected chi connectivity index (χ4v) is 2.55. The first kappa shape index (κ1) is 15.7. The average Bonchev–Trinajstić information content (AvgIpc) is 3.11. The van der Waals surface area contributed by atoms with Crippen LogP contribution >= 0.6 is 0 Å². The van der Waals surface area contributed by atoms with E-state index >= 15 is 0 Å². The summed E-state index contributed by atoms with van der Waals surface area (Å²) in [4.78, 5) is 11.0. The molecule has 2 nitrogen and oxygen atoms in total. The van der Waals surface area contributed by atoms with Crippen molar-refractivity contribution < 1.29 is 9.53 Å². The molecule has 0 spiro atoms. The molecule has 0 aliphatic carbocycles. The van der Waals surface area contributed by atoms with Crippen LogP contribution < -0.4 is 0 Å². The molecule has 0 aromatic rings. The van der Waals surface area contributed by atoms with Gasteiger partial charge in [0.25, 0.3) is 0 Å². The Morgan fingerprint density at radius 1 is 0.889 bits per heavy atom. The summed E-state index contributed by atoms with van der Waals surface area (Å²) in [7, 11) is 0. The highest BCUT2D eigenvalue weighted by Crippen LogP contribution is 2.28. The van der Waals surface area contributed by atoms with Gasteiger partial charge in [-0.3, -0.25) is 4.79 Å². The van der Waals surface area contributed by atoms with E-state index in [1.54, 1.807) is 6.92 Å². The first-order valence-electron chi connectivity index (χ1n) is 7.91. The van der Waals surface area contributed by atoms with Gasteiger partial charge in [0.05, 0.1) is 6.10 Å². The number of unbranched alkanes of at least 4 members (excludes halogenated alkanes) is 9. The number of hydrogen-bond acceptors (Lipinski definition) is 2. The van der Waals surface area contributed by atoms with Gasteiger partial charge in [-0.05, 0) is 13.3 Å². The fraction of sp³-hybridized carbons (Fsp3) is 0.938. The molecule has 1 aliphatic heterocycles. The van der Waals surface area contributed by atoms with Crippen molar-refractivity contribution in [1.29, 1.82) is 0 Å². The predicted octanol–water partition coefficient (Wildman–Crippen LogP) is 4.65. The third-order valence-electron chi connectivity index (χ3n) is 3.83. The molecule has 18 heavy (non-hydrogen) atoms. The third-order valence-corrected chi connectivity index (χ3v) is 3.83.